The summed E-state index contributed by atoms with van der Waals surface area (Å²) in [5.41, 5.74) is 0. The molecule has 0 aromatic carbocycles. The first kappa shape index (κ1) is 7.92. The van der Waals surface area contributed by atoms with Crippen molar-refractivity contribution in [3.63, 3.8) is 0 Å². The van der Waals surface area contributed by atoms with E-state index in [4.69, 9.17) is 4.74 Å². The molecule has 0 atom stereocenters. The van der Waals surface area contributed by atoms with E-state index in [1.807, 2.05) is 0 Å². The Hall–Kier alpha value is -0.180. The molecule has 0 bridgehead atoms. The van der Waals surface area contributed by atoms with Crippen molar-refractivity contribution < 1.29 is 4.74 Å². The van der Waals surface area contributed by atoms with Crippen LogP contribution >= 0.6 is 11.9 Å². The zero-order valence-electron chi connectivity index (χ0n) is 6.30. The van der Waals surface area contributed by atoms with Crippen LogP contribution in [0, 0.1) is 0 Å². The average Bonchev–Trinajstić information content (AvgIpc) is 2.41. The molecule has 58 valence electrons. The van der Waals surface area contributed by atoms with Crippen LogP contribution < -0.4 is 0 Å². The summed E-state index contributed by atoms with van der Waals surface area (Å²) < 4.78 is 9.33. The third-order valence-electron chi connectivity index (χ3n) is 1.44. The lowest BCUT2D eigenvalue weighted by atomic mass is 10.2. The quantitative estimate of drug-likeness (QED) is 0.464. The van der Waals surface area contributed by atoms with Gasteiger partial charge >= 0.3 is 0 Å². The second-order valence-corrected chi connectivity index (χ2v) is 3.01. The van der Waals surface area contributed by atoms with Crippen molar-refractivity contribution in [1.82, 2.24) is 0 Å². The highest BCUT2D eigenvalue weighted by atomic mass is 32.2. The van der Waals surface area contributed by atoms with Gasteiger partial charge in [-0.25, -0.2) is 0 Å². The number of ether oxygens (including phenoxy) is 1. The lowest BCUT2D eigenvalue weighted by Crippen LogP contribution is -1.97. The van der Waals surface area contributed by atoms with Gasteiger partial charge in [-0.2, -0.15) is 4.40 Å². The summed E-state index contributed by atoms with van der Waals surface area (Å²) in [5, 5.41) is 0. The van der Waals surface area contributed by atoms with Crippen LogP contribution in [0.2, 0.25) is 0 Å². The molecule has 2 nitrogen and oxygen atoms in total. The Kier molecular flexibility index (Phi) is 3.65. The van der Waals surface area contributed by atoms with E-state index >= 15 is 0 Å². The molecule has 1 rings (SSSR count). The largest absolute Gasteiger partial charge is 0.467 e. The van der Waals surface area contributed by atoms with E-state index in [1.165, 1.54) is 31.2 Å². The molecule has 0 radical (unpaired) electrons. The van der Waals surface area contributed by atoms with Gasteiger partial charge in [0, 0.05) is 18.4 Å². The van der Waals surface area contributed by atoms with Crippen LogP contribution in [0.15, 0.2) is 4.40 Å². The molecule has 1 aliphatic heterocycles. The Balaban J connectivity index is 2.01. The Morgan fingerprint density at radius 2 is 2.50 bits per heavy atom. The second-order valence-electron chi connectivity index (χ2n) is 2.33. The number of rotatable bonds is 4. The van der Waals surface area contributed by atoms with Gasteiger partial charge in [0.1, 0.15) is 0 Å². The van der Waals surface area contributed by atoms with Crippen LogP contribution in [-0.2, 0) is 4.74 Å². The molecule has 0 amide bonds. The highest BCUT2D eigenvalue weighted by Crippen LogP contribution is 2.15. The van der Waals surface area contributed by atoms with Crippen LogP contribution in [0.3, 0.4) is 0 Å². The highest BCUT2D eigenvalue weighted by molar-refractivity contribution is 7.98. The molecule has 10 heavy (non-hydrogen) atoms. The molecule has 0 saturated carbocycles. The highest BCUT2D eigenvalue weighted by Gasteiger charge is 2.05. The van der Waals surface area contributed by atoms with E-state index in [0.29, 0.717) is 0 Å². The first-order valence-corrected chi connectivity index (χ1v) is 4.69. The van der Waals surface area contributed by atoms with Crippen LogP contribution in [0.4, 0.5) is 0 Å². The third-order valence-corrected chi connectivity index (χ3v) is 1.99. The molecule has 0 aromatic rings. The Morgan fingerprint density at radius 3 is 3.10 bits per heavy atom. The molecule has 3 heteroatoms. The summed E-state index contributed by atoms with van der Waals surface area (Å²) in [5.74, 6) is 1.67. The lowest BCUT2D eigenvalue weighted by Gasteiger charge is -1.97. The number of hydrogen-bond acceptors (Lipinski definition) is 3. The molecule has 0 unspecified atom stereocenters. The molecule has 0 aromatic heterocycles. The fourth-order valence-electron chi connectivity index (χ4n) is 0.863. The molecule has 0 fully saturated rings. The summed E-state index contributed by atoms with van der Waals surface area (Å²) in [7, 11) is 0. The molecule has 0 N–H and O–H groups in total. The summed E-state index contributed by atoms with van der Waals surface area (Å²) in [4.78, 5) is 0. The zero-order chi connectivity index (χ0) is 7.23. The molecular weight excluding hydrogens is 146 g/mol. The Bertz CT molecular complexity index is 125. The molecule has 0 aliphatic carbocycles. The van der Waals surface area contributed by atoms with Crippen molar-refractivity contribution in [3.8, 4) is 0 Å². The molecule has 0 saturated heterocycles. The minimum atomic E-state index is 0.724. The number of unbranched alkanes of at least 4 members (excludes halogenated alkanes) is 2. The summed E-state index contributed by atoms with van der Waals surface area (Å²) in [6, 6.07) is 0. The first-order valence-electron chi connectivity index (χ1n) is 3.75. The van der Waals surface area contributed by atoms with E-state index in [1.54, 1.807) is 0 Å². The standard InChI is InChI=1S/C7H13NOS/c1-2-3-4-5-7-8-10-6-9-7/h2-6H2,1H3. The average molecular weight is 159 g/mol. The van der Waals surface area contributed by atoms with Crippen molar-refractivity contribution in [2.75, 3.05) is 5.94 Å². The Labute approximate surface area is 66.2 Å². The van der Waals surface area contributed by atoms with Gasteiger partial charge in [-0.05, 0) is 6.42 Å². The van der Waals surface area contributed by atoms with Crippen molar-refractivity contribution in [2.45, 2.75) is 32.6 Å². The lowest BCUT2D eigenvalue weighted by molar-refractivity contribution is 0.377. The predicted molar refractivity (Wildman–Crippen MR) is 45.1 cm³/mol. The fourth-order valence-corrected chi connectivity index (χ4v) is 1.39. The SMILES string of the molecule is CCCCCC1=NSCO1. The fraction of sp³-hybridized carbons (Fsp3) is 0.857. The summed E-state index contributed by atoms with van der Waals surface area (Å²) in [6.45, 7) is 2.20. The predicted octanol–water partition coefficient (Wildman–Crippen LogP) is 2.60. The van der Waals surface area contributed by atoms with E-state index in [0.717, 1.165) is 18.3 Å². The van der Waals surface area contributed by atoms with Gasteiger partial charge in [-0.3, -0.25) is 0 Å². The maximum Gasteiger partial charge on any atom is 0.196 e. The number of nitrogens with zero attached hydrogens (tertiary/aromatic N) is 1. The van der Waals surface area contributed by atoms with Crippen LogP contribution in [0.25, 0.3) is 0 Å². The van der Waals surface area contributed by atoms with Gasteiger partial charge in [-0.1, -0.05) is 19.8 Å². The maximum atomic E-state index is 5.21. The van der Waals surface area contributed by atoms with E-state index < -0.39 is 0 Å². The van der Waals surface area contributed by atoms with Gasteiger partial charge in [0.2, 0.25) is 0 Å². The second kappa shape index (κ2) is 4.61. The van der Waals surface area contributed by atoms with Crippen molar-refractivity contribution in [2.24, 2.45) is 4.40 Å². The van der Waals surface area contributed by atoms with Gasteiger partial charge in [0.15, 0.2) is 11.8 Å². The van der Waals surface area contributed by atoms with Gasteiger partial charge in [0.25, 0.3) is 0 Å². The topological polar surface area (TPSA) is 21.6 Å². The maximum absolute atomic E-state index is 5.21. The van der Waals surface area contributed by atoms with Gasteiger partial charge < -0.3 is 4.74 Å². The van der Waals surface area contributed by atoms with Crippen LogP contribution in [0.1, 0.15) is 32.6 Å². The van der Waals surface area contributed by atoms with Gasteiger partial charge in [-0.15, -0.1) is 0 Å². The van der Waals surface area contributed by atoms with Crippen molar-refractivity contribution >= 4 is 17.8 Å². The van der Waals surface area contributed by atoms with Crippen LogP contribution in [-0.4, -0.2) is 11.8 Å². The van der Waals surface area contributed by atoms with E-state index in [2.05, 4.69) is 11.3 Å². The molecule has 1 aliphatic rings. The normalized spacial score (nSPS) is 16.7. The third kappa shape index (κ3) is 2.60. The monoisotopic (exact) mass is 159 g/mol. The molecule has 1 heterocycles. The summed E-state index contributed by atoms with van der Waals surface area (Å²) >= 11 is 1.51. The van der Waals surface area contributed by atoms with E-state index in [-0.39, 0.29) is 0 Å². The minimum Gasteiger partial charge on any atom is -0.467 e. The first-order chi connectivity index (χ1) is 4.93. The Morgan fingerprint density at radius 1 is 1.60 bits per heavy atom. The smallest absolute Gasteiger partial charge is 0.196 e. The van der Waals surface area contributed by atoms with Crippen molar-refractivity contribution in [1.29, 1.82) is 0 Å². The summed E-state index contributed by atoms with van der Waals surface area (Å²) in [6.07, 6.45) is 4.80. The minimum absolute atomic E-state index is 0.724. The zero-order valence-corrected chi connectivity index (χ0v) is 7.12. The molecular formula is C7H13NOS. The van der Waals surface area contributed by atoms with Crippen LogP contribution in [0.5, 0.6) is 0 Å². The number of hydrogen-bond donors (Lipinski definition) is 0. The molecule has 0 spiro atoms. The van der Waals surface area contributed by atoms with Gasteiger partial charge in [0.05, 0.1) is 0 Å². The van der Waals surface area contributed by atoms with Crippen molar-refractivity contribution in [3.05, 3.63) is 0 Å². The van der Waals surface area contributed by atoms with E-state index in [9.17, 15) is 0 Å².